The highest BCUT2D eigenvalue weighted by atomic mass is 32.1. The van der Waals surface area contributed by atoms with E-state index in [-0.39, 0.29) is 40.1 Å². The van der Waals surface area contributed by atoms with Gasteiger partial charge in [0.15, 0.2) is 0 Å². The van der Waals surface area contributed by atoms with Crippen molar-refractivity contribution < 1.29 is 23.5 Å². The first-order valence-electron chi connectivity index (χ1n) is 13.0. The molecule has 2 amide bonds. The molecule has 0 spiro atoms. The number of carbonyl (C=O) groups excluding carboxylic acids is 2. The number of rotatable bonds is 11. The maximum Gasteiger partial charge on any atom is 0.251 e. The summed E-state index contributed by atoms with van der Waals surface area (Å²) in [6.45, 7) is 2.36. The molecule has 2 heterocycles. The highest BCUT2D eigenvalue weighted by Crippen LogP contribution is 2.40. The number of pyridine rings is 1. The maximum atomic E-state index is 14.9. The Morgan fingerprint density at radius 1 is 1.21 bits per heavy atom. The monoisotopic (exact) mass is 557 g/mol. The van der Waals surface area contributed by atoms with Crippen LogP contribution in [-0.4, -0.2) is 46.4 Å². The Balaban J connectivity index is 1.49. The number of amides is 2. The molecule has 1 aliphatic rings. The summed E-state index contributed by atoms with van der Waals surface area (Å²) in [6.07, 6.45) is 3.67. The Morgan fingerprint density at radius 3 is 2.54 bits per heavy atom. The number of aliphatic hydroxyl groups excluding tert-OH is 1. The van der Waals surface area contributed by atoms with Crippen LogP contribution in [0.3, 0.4) is 0 Å². The zero-order chi connectivity index (χ0) is 28.1. The summed E-state index contributed by atoms with van der Waals surface area (Å²) in [5, 5.41) is 16.4. The number of anilines is 2. The second kappa shape index (κ2) is 12.6. The van der Waals surface area contributed by atoms with Crippen molar-refractivity contribution in [2.75, 3.05) is 18.9 Å². The lowest BCUT2D eigenvalue weighted by molar-refractivity contribution is -0.122. The van der Waals surface area contributed by atoms with E-state index in [1.807, 2.05) is 18.0 Å². The molecule has 1 aromatic carbocycles. The summed E-state index contributed by atoms with van der Waals surface area (Å²) >= 11 is 0.969. The molecule has 39 heavy (non-hydrogen) atoms. The van der Waals surface area contributed by atoms with Gasteiger partial charge in [-0.1, -0.05) is 25.8 Å². The van der Waals surface area contributed by atoms with E-state index in [1.165, 1.54) is 6.07 Å². The summed E-state index contributed by atoms with van der Waals surface area (Å²) in [7, 11) is 1.83. The SMILES string of the molecule is CCC(O)c1cc(F)c(-c2cc(C(N)=O)c(Nc3cccc(CN(C)CC(=O)NC4CCCC4)n3)s2)c(F)c1. The standard InChI is InChI=1S/C28H33F2N5O3S/c1-3-22(36)16-11-20(29)26(21(30)12-16)23-13-19(27(31)38)28(39-23)34-24-10-6-9-18(32-24)14-35(2)15-25(37)33-17-7-4-5-8-17/h6,9-13,17,22,36H,3-5,7-8,14-15H2,1-2H3,(H2,31,38)(H,32,34)(H,33,37). The van der Waals surface area contributed by atoms with Crippen molar-refractivity contribution >= 4 is 34.0 Å². The van der Waals surface area contributed by atoms with E-state index in [9.17, 15) is 23.5 Å². The number of hydrogen-bond acceptors (Lipinski definition) is 7. The number of nitrogens with two attached hydrogens (primary N) is 1. The van der Waals surface area contributed by atoms with Gasteiger partial charge in [-0.3, -0.25) is 14.5 Å². The minimum Gasteiger partial charge on any atom is -0.388 e. The number of likely N-dealkylation sites (N-methyl/N-ethyl adjacent to an activating group) is 1. The zero-order valence-electron chi connectivity index (χ0n) is 22.0. The van der Waals surface area contributed by atoms with Crippen LogP contribution in [0.4, 0.5) is 19.6 Å². The molecule has 1 atom stereocenters. The fraction of sp³-hybridized carbons (Fsp3) is 0.393. The van der Waals surface area contributed by atoms with Gasteiger partial charge in [-0.2, -0.15) is 0 Å². The molecule has 1 saturated carbocycles. The number of benzene rings is 1. The van der Waals surface area contributed by atoms with Crippen LogP contribution < -0.4 is 16.4 Å². The number of hydrogen-bond donors (Lipinski definition) is 4. The Labute approximate surface area is 230 Å². The average molecular weight is 558 g/mol. The number of nitrogens with one attached hydrogen (secondary N) is 2. The lowest BCUT2D eigenvalue weighted by Crippen LogP contribution is -2.39. The third-order valence-electron chi connectivity index (χ3n) is 6.69. The van der Waals surface area contributed by atoms with Crippen molar-refractivity contribution in [2.45, 2.75) is 57.7 Å². The second-order valence-corrected chi connectivity index (χ2v) is 10.9. The zero-order valence-corrected chi connectivity index (χ0v) is 22.8. The minimum absolute atomic E-state index is 0.0207. The minimum atomic E-state index is -0.983. The first-order valence-corrected chi connectivity index (χ1v) is 13.8. The van der Waals surface area contributed by atoms with E-state index in [1.54, 1.807) is 19.1 Å². The summed E-state index contributed by atoms with van der Waals surface area (Å²) in [5.74, 6) is -2.06. The highest BCUT2D eigenvalue weighted by Gasteiger charge is 2.22. The van der Waals surface area contributed by atoms with Crippen LogP contribution in [0.5, 0.6) is 0 Å². The molecule has 1 unspecified atom stereocenters. The Hall–Kier alpha value is -3.41. The van der Waals surface area contributed by atoms with E-state index in [4.69, 9.17) is 5.73 Å². The molecule has 8 nitrogen and oxygen atoms in total. The van der Waals surface area contributed by atoms with Gasteiger partial charge in [0.25, 0.3) is 5.91 Å². The third-order valence-corrected chi connectivity index (χ3v) is 7.76. The number of aliphatic hydroxyl groups is 1. The number of carbonyl (C=O) groups is 2. The van der Waals surface area contributed by atoms with Crippen LogP contribution in [0.1, 0.15) is 66.7 Å². The van der Waals surface area contributed by atoms with Gasteiger partial charge in [-0.05, 0) is 62.2 Å². The van der Waals surface area contributed by atoms with Crippen molar-refractivity contribution in [3.05, 3.63) is 64.9 Å². The summed E-state index contributed by atoms with van der Waals surface area (Å²) < 4.78 is 29.8. The van der Waals surface area contributed by atoms with Gasteiger partial charge in [0.1, 0.15) is 22.5 Å². The molecular weight excluding hydrogens is 524 g/mol. The largest absolute Gasteiger partial charge is 0.388 e. The lowest BCUT2D eigenvalue weighted by Gasteiger charge is -2.18. The fourth-order valence-corrected chi connectivity index (χ4v) is 5.84. The summed E-state index contributed by atoms with van der Waals surface area (Å²) in [6, 6.07) is 9.09. The molecule has 0 radical (unpaired) electrons. The molecule has 1 fully saturated rings. The first-order chi connectivity index (χ1) is 18.6. The topological polar surface area (TPSA) is 121 Å². The van der Waals surface area contributed by atoms with Crippen LogP contribution in [0.15, 0.2) is 36.4 Å². The third kappa shape index (κ3) is 7.17. The van der Waals surface area contributed by atoms with E-state index >= 15 is 0 Å². The van der Waals surface area contributed by atoms with Gasteiger partial charge in [0.2, 0.25) is 5.91 Å². The van der Waals surface area contributed by atoms with Crippen LogP contribution >= 0.6 is 11.3 Å². The van der Waals surface area contributed by atoms with E-state index < -0.39 is 23.6 Å². The van der Waals surface area contributed by atoms with Gasteiger partial charge in [0.05, 0.1) is 29.5 Å². The average Bonchev–Trinajstić information content (AvgIpc) is 3.53. The quantitative estimate of drug-likeness (QED) is 0.267. The van der Waals surface area contributed by atoms with Crippen molar-refractivity contribution in [1.29, 1.82) is 0 Å². The van der Waals surface area contributed by atoms with E-state index in [0.717, 1.165) is 49.2 Å². The molecule has 5 N–H and O–H groups in total. The van der Waals surface area contributed by atoms with Crippen molar-refractivity contribution in [3.63, 3.8) is 0 Å². The molecule has 0 saturated heterocycles. The Kier molecular flexibility index (Phi) is 9.26. The summed E-state index contributed by atoms with van der Waals surface area (Å²) in [4.78, 5) is 31.1. The lowest BCUT2D eigenvalue weighted by atomic mass is 10.0. The van der Waals surface area contributed by atoms with E-state index in [0.29, 0.717) is 29.5 Å². The molecule has 0 bridgehead atoms. The predicted octanol–water partition coefficient (Wildman–Crippen LogP) is 4.86. The molecule has 11 heteroatoms. The van der Waals surface area contributed by atoms with Gasteiger partial charge in [0, 0.05) is 17.5 Å². The van der Waals surface area contributed by atoms with E-state index in [2.05, 4.69) is 15.6 Å². The van der Waals surface area contributed by atoms with Crippen LogP contribution in [0, 0.1) is 11.6 Å². The van der Waals surface area contributed by atoms with Crippen molar-refractivity contribution in [1.82, 2.24) is 15.2 Å². The smallest absolute Gasteiger partial charge is 0.251 e. The number of aromatic nitrogens is 1. The maximum absolute atomic E-state index is 14.9. The number of halogens is 2. The molecule has 1 aliphatic carbocycles. The predicted molar refractivity (Wildman–Crippen MR) is 148 cm³/mol. The van der Waals surface area contributed by atoms with Crippen LogP contribution in [0.2, 0.25) is 0 Å². The number of primary amides is 1. The van der Waals surface area contributed by atoms with Crippen molar-refractivity contribution in [2.24, 2.45) is 5.73 Å². The van der Waals surface area contributed by atoms with Gasteiger partial charge >= 0.3 is 0 Å². The number of nitrogens with zero attached hydrogens (tertiary/aromatic N) is 2. The molecule has 3 aromatic rings. The molecule has 2 aromatic heterocycles. The molecular formula is C28H33F2N5O3S. The molecule has 4 rings (SSSR count). The van der Waals surface area contributed by atoms with Crippen LogP contribution in [0.25, 0.3) is 10.4 Å². The number of thiophene rings is 1. The highest BCUT2D eigenvalue weighted by molar-refractivity contribution is 7.20. The van der Waals surface area contributed by atoms with Crippen LogP contribution in [-0.2, 0) is 11.3 Å². The Bertz CT molecular complexity index is 1320. The van der Waals surface area contributed by atoms with Gasteiger partial charge in [-0.25, -0.2) is 13.8 Å². The van der Waals surface area contributed by atoms with Gasteiger partial charge < -0.3 is 21.5 Å². The molecule has 0 aliphatic heterocycles. The summed E-state index contributed by atoms with van der Waals surface area (Å²) in [5.41, 5.74) is 6.16. The first kappa shape index (κ1) is 28.6. The van der Waals surface area contributed by atoms with Gasteiger partial charge in [-0.15, -0.1) is 11.3 Å². The Morgan fingerprint density at radius 2 is 1.90 bits per heavy atom. The van der Waals surface area contributed by atoms with Crippen molar-refractivity contribution in [3.8, 4) is 10.4 Å². The molecule has 208 valence electrons. The second-order valence-electron chi connectivity index (χ2n) is 9.86. The normalized spacial score (nSPS) is 14.5. The fourth-order valence-electron chi connectivity index (χ4n) is 4.72.